The molecule has 0 aliphatic carbocycles. The maximum atomic E-state index is 12.2. The predicted molar refractivity (Wildman–Crippen MR) is 92.8 cm³/mol. The van der Waals surface area contributed by atoms with Gasteiger partial charge in [-0.2, -0.15) is 0 Å². The van der Waals surface area contributed by atoms with Gasteiger partial charge >= 0.3 is 0 Å². The largest absolute Gasteiger partial charge is 0.465 e. The first kappa shape index (κ1) is 17.9. The average Bonchev–Trinajstić information content (AvgIpc) is 2.83. The van der Waals surface area contributed by atoms with Gasteiger partial charge in [-0.25, -0.2) is 0 Å². The van der Waals surface area contributed by atoms with Gasteiger partial charge in [0.25, 0.3) is 0 Å². The average molecular weight is 355 g/mol. The minimum Gasteiger partial charge on any atom is -0.465 e. The first-order valence-corrected chi connectivity index (χ1v) is 8.09. The van der Waals surface area contributed by atoms with Crippen molar-refractivity contribution in [2.45, 2.75) is 26.4 Å². The number of rotatable bonds is 6. The summed E-state index contributed by atoms with van der Waals surface area (Å²) in [5.74, 6) is 1.63. The third-order valence-corrected chi connectivity index (χ3v) is 4.00. The third-order valence-electron chi connectivity index (χ3n) is 3.44. The van der Waals surface area contributed by atoms with Crippen molar-refractivity contribution < 1.29 is 9.21 Å². The van der Waals surface area contributed by atoms with Crippen LogP contribution < -0.4 is 5.32 Å². The summed E-state index contributed by atoms with van der Waals surface area (Å²) >= 11 is 12.1. The number of halogens is 2. The fraction of sp³-hybridized carbons (Fsp3) is 0.353. The lowest BCUT2D eigenvalue weighted by molar-refractivity contribution is -0.122. The maximum Gasteiger partial charge on any atom is 0.234 e. The summed E-state index contributed by atoms with van der Waals surface area (Å²) < 4.78 is 5.51. The van der Waals surface area contributed by atoms with Crippen LogP contribution in [0.1, 0.15) is 30.0 Å². The molecule has 2 aromatic rings. The molecule has 1 N–H and O–H groups in total. The second kappa shape index (κ2) is 7.86. The smallest absolute Gasteiger partial charge is 0.234 e. The van der Waals surface area contributed by atoms with Crippen molar-refractivity contribution in [3.8, 4) is 0 Å². The highest BCUT2D eigenvalue weighted by Gasteiger charge is 2.15. The van der Waals surface area contributed by atoms with E-state index < -0.39 is 0 Å². The van der Waals surface area contributed by atoms with Crippen LogP contribution >= 0.6 is 23.2 Å². The summed E-state index contributed by atoms with van der Waals surface area (Å²) in [5, 5.41) is 4.06. The lowest BCUT2D eigenvalue weighted by Crippen LogP contribution is -2.36. The number of carbonyl (C=O) groups is 1. The summed E-state index contributed by atoms with van der Waals surface area (Å²) in [6, 6.07) is 8.90. The van der Waals surface area contributed by atoms with Gasteiger partial charge < -0.3 is 9.73 Å². The van der Waals surface area contributed by atoms with Gasteiger partial charge in [0, 0.05) is 10.0 Å². The molecule has 4 nitrogen and oxygen atoms in total. The molecule has 1 aromatic carbocycles. The number of aryl methyl sites for hydroxylation is 1. The zero-order valence-electron chi connectivity index (χ0n) is 13.4. The topological polar surface area (TPSA) is 45.5 Å². The zero-order valence-corrected chi connectivity index (χ0v) is 14.9. The summed E-state index contributed by atoms with van der Waals surface area (Å²) in [6.07, 6.45) is 0. The second-order valence-electron chi connectivity index (χ2n) is 5.64. The monoisotopic (exact) mass is 354 g/mol. The van der Waals surface area contributed by atoms with E-state index in [1.54, 1.807) is 12.1 Å². The van der Waals surface area contributed by atoms with Crippen molar-refractivity contribution in [2.75, 3.05) is 13.6 Å². The Balaban J connectivity index is 1.88. The molecule has 23 heavy (non-hydrogen) atoms. The lowest BCUT2D eigenvalue weighted by atomic mass is 10.1. The predicted octanol–water partition coefficient (Wildman–Crippen LogP) is 4.20. The van der Waals surface area contributed by atoms with Crippen molar-refractivity contribution in [3.05, 3.63) is 57.5 Å². The van der Waals surface area contributed by atoms with E-state index in [4.69, 9.17) is 27.6 Å². The number of benzene rings is 1. The van der Waals surface area contributed by atoms with E-state index in [-0.39, 0.29) is 18.5 Å². The van der Waals surface area contributed by atoms with E-state index in [1.165, 1.54) is 0 Å². The number of amides is 1. The molecule has 124 valence electrons. The molecule has 0 saturated heterocycles. The molecular formula is C17H20Cl2N2O2. The fourth-order valence-corrected chi connectivity index (χ4v) is 2.93. The SMILES string of the molecule is Cc1ccc(CN(C)CC(=O)N[C@H](C)c2ccc(Cl)cc2Cl)o1. The molecule has 0 spiro atoms. The minimum absolute atomic E-state index is 0.0747. The first-order chi connectivity index (χ1) is 10.8. The molecule has 0 fully saturated rings. The molecule has 1 amide bonds. The summed E-state index contributed by atoms with van der Waals surface area (Å²) in [4.78, 5) is 14.1. The second-order valence-corrected chi connectivity index (χ2v) is 6.48. The van der Waals surface area contributed by atoms with E-state index in [0.29, 0.717) is 16.6 Å². The normalized spacial score (nSPS) is 12.4. The van der Waals surface area contributed by atoms with Crippen molar-refractivity contribution >= 4 is 29.1 Å². The third kappa shape index (κ3) is 5.27. The van der Waals surface area contributed by atoms with E-state index in [1.807, 2.05) is 44.0 Å². The van der Waals surface area contributed by atoms with Crippen LogP contribution in [0.3, 0.4) is 0 Å². The number of furan rings is 1. The van der Waals surface area contributed by atoms with E-state index in [2.05, 4.69) is 5.32 Å². The Bertz CT molecular complexity index is 685. The summed E-state index contributed by atoms with van der Waals surface area (Å²) in [7, 11) is 1.87. The number of likely N-dealkylation sites (N-methyl/N-ethyl adjacent to an activating group) is 1. The van der Waals surface area contributed by atoms with Crippen LogP contribution in [-0.4, -0.2) is 24.4 Å². The van der Waals surface area contributed by atoms with Crippen molar-refractivity contribution in [2.24, 2.45) is 0 Å². The van der Waals surface area contributed by atoms with Crippen LogP contribution in [0.2, 0.25) is 10.0 Å². The number of hydrogen-bond acceptors (Lipinski definition) is 3. The molecule has 0 unspecified atom stereocenters. The molecule has 0 bridgehead atoms. The lowest BCUT2D eigenvalue weighted by Gasteiger charge is -2.19. The molecule has 1 atom stereocenters. The quantitative estimate of drug-likeness (QED) is 0.845. The molecule has 0 saturated carbocycles. The maximum absolute atomic E-state index is 12.2. The highest BCUT2D eigenvalue weighted by atomic mass is 35.5. The molecular weight excluding hydrogens is 335 g/mol. The van der Waals surface area contributed by atoms with Gasteiger partial charge in [0.1, 0.15) is 11.5 Å². The van der Waals surface area contributed by atoms with Gasteiger partial charge in [0.15, 0.2) is 0 Å². The van der Waals surface area contributed by atoms with E-state index in [9.17, 15) is 4.79 Å². The van der Waals surface area contributed by atoms with Crippen LogP contribution in [0, 0.1) is 6.92 Å². The van der Waals surface area contributed by atoms with Crippen LogP contribution in [0.15, 0.2) is 34.7 Å². The first-order valence-electron chi connectivity index (χ1n) is 7.33. The Kier molecular flexibility index (Phi) is 6.10. The van der Waals surface area contributed by atoms with Gasteiger partial charge in [-0.15, -0.1) is 0 Å². The minimum atomic E-state index is -0.188. The standard InChI is InChI=1S/C17H20Cl2N2O2/c1-11-4-6-14(23-11)9-21(3)10-17(22)20-12(2)15-7-5-13(18)8-16(15)19/h4-8,12H,9-10H2,1-3H3,(H,20,22)/t12-/m1/s1. The molecule has 1 aromatic heterocycles. The van der Waals surface area contributed by atoms with Gasteiger partial charge in [0.2, 0.25) is 5.91 Å². The summed E-state index contributed by atoms with van der Waals surface area (Å²) in [6.45, 7) is 4.64. The molecule has 6 heteroatoms. The number of nitrogens with one attached hydrogen (secondary N) is 1. The number of carbonyl (C=O) groups excluding carboxylic acids is 1. The highest BCUT2D eigenvalue weighted by molar-refractivity contribution is 6.35. The molecule has 0 radical (unpaired) electrons. The van der Waals surface area contributed by atoms with Crippen LogP contribution in [-0.2, 0) is 11.3 Å². The molecule has 0 aliphatic heterocycles. The molecule has 2 rings (SSSR count). The summed E-state index contributed by atoms with van der Waals surface area (Å²) in [5.41, 5.74) is 0.841. The number of hydrogen-bond donors (Lipinski definition) is 1. The van der Waals surface area contributed by atoms with Gasteiger partial charge in [-0.3, -0.25) is 9.69 Å². The Hall–Kier alpha value is -1.49. The Morgan fingerprint density at radius 1 is 1.30 bits per heavy atom. The van der Waals surface area contributed by atoms with E-state index >= 15 is 0 Å². The van der Waals surface area contributed by atoms with Crippen molar-refractivity contribution in [3.63, 3.8) is 0 Å². The highest BCUT2D eigenvalue weighted by Crippen LogP contribution is 2.26. The molecule has 1 heterocycles. The van der Waals surface area contributed by atoms with Gasteiger partial charge in [-0.05, 0) is 50.7 Å². The fourth-order valence-electron chi connectivity index (χ4n) is 2.35. The Morgan fingerprint density at radius 3 is 2.65 bits per heavy atom. The van der Waals surface area contributed by atoms with Crippen LogP contribution in [0.4, 0.5) is 0 Å². The van der Waals surface area contributed by atoms with Gasteiger partial charge in [-0.1, -0.05) is 29.3 Å². The van der Waals surface area contributed by atoms with Crippen LogP contribution in [0.25, 0.3) is 0 Å². The Labute approximate surface area is 146 Å². The molecule has 0 aliphatic rings. The zero-order chi connectivity index (χ0) is 17.0. The van der Waals surface area contributed by atoms with Crippen molar-refractivity contribution in [1.29, 1.82) is 0 Å². The van der Waals surface area contributed by atoms with Crippen LogP contribution in [0.5, 0.6) is 0 Å². The van der Waals surface area contributed by atoms with E-state index in [0.717, 1.165) is 17.1 Å². The Morgan fingerprint density at radius 2 is 2.04 bits per heavy atom. The van der Waals surface area contributed by atoms with Crippen molar-refractivity contribution in [1.82, 2.24) is 10.2 Å². The number of nitrogens with zero attached hydrogens (tertiary/aromatic N) is 1. The van der Waals surface area contributed by atoms with Gasteiger partial charge in [0.05, 0.1) is 19.1 Å².